The van der Waals surface area contributed by atoms with Gasteiger partial charge in [-0.3, -0.25) is 14.4 Å². The van der Waals surface area contributed by atoms with Gasteiger partial charge in [0.25, 0.3) is 17.5 Å². The number of rotatable bonds is 14. The molecule has 4 fully saturated rings. The molecule has 48 heteroatoms. The second kappa shape index (κ2) is 47.6. The van der Waals surface area contributed by atoms with Crippen molar-refractivity contribution < 1.29 is 121 Å². The zero-order valence-electron chi connectivity index (χ0n) is 63.9. The molecule has 0 amide bonds. The maximum atomic E-state index is 12.4. The molecular formula is C72H69BBrI3N12O26S5. The molecule has 5 aromatic carbocycles. The number of hydrogen-bond acceptors (Lipinski definition) is 42. The van der Waals surface area contributed by atoms with Gasteiger partial charge in [0.15, 0.2) is 30.9 Å². The molecule has 120 heavy (non-hydrogen) atoms. The number of nitrogens with zero attached hydrogens (tertiary/aromatic N) is 10. The van der Waals surface area contributed by atoms with Crippen LogP contribution in [0.15, 0.2) is 126 Å². The van der Waals surface area contributed by atoms with Crippen molar-refractivity contribution >= 4 is 238 Å². The standard InChI is InChI=1S/C18H15IN2O6S.C14H13IN2O6S.C10H7IN2O2S.C10H9N3O2S.C8H10O4.C6H8BNO2.C4H3BrN2O2S.C2H4O2/c1-25-17(24)14-13(20-28-21-14)10-4-6-11(7-5-10)19-12-15(22)26-18(27-16(12)23)8-2-3-9-18;1-8(18)22-15(23-9(2)19)11-6-4-10(5-7-11)12-13(14(20)21-3)17-24-16-12;2*1-15-10(14)9-8(12-16-13-9)6-2-4-7(11)5-3-6;9-6-5-7(10)12-8(11-6)3-1-2-4-8;8-6-3-1-5(2-4-6)7(9)10;1-9-4(8)2-3(5)7-10-6-2;1-2(3)4/h4-7H,2-3,8-9H2,1H3;4-7H,1-3H3;2-5H,1H3;2-5H,11H2,1H3;1-5H2;1-4,9-10H,8H2;1H3;1H3,(H,3,4). The van der Waals surface area contributed by atoms with Crippen LogP contribution in [0.2, 0.25) is 0 Å². The Morgan fingerprint density at radius 3 is 1.08 bits per heavy atom. The first kappa shape index (κ1) is 96.8. The number of carboxylic acids is 1. The normalized spacial score (nSPS) is 13.5. The Balaban J connectivity index is 0.000000197. The van der Waals surface area contributed by atoms with E-state index in [4.69, 9.17) is 61.2 Å². The molecule has 7 N–H and O–H groups in total. The summed E-state index contributed by atoms with van der Waals surface area (Å²) in [6.07, 6.45) is 5.89. The Bertz CT molecular complexity index is 5110. The fraction of sp³-hybridized carbons (Fsp3) is 0.264. The number of anilines is 2. The number of carbonyl (C=O) groups excluding carboxylic acids is 11. The van der Waals surface area contributed by atoms with Crippen LogP contribution in [0, 0.1) is 10.7 Å². The summed E-state index contributed by atoms with van der Waals surface area (Å²) < 4.78 is 97.0. The van der Waals surface area contributed by atoms with Gasteiger partial charge in [0.2, 0.25) is 0 Å². The number of ether oxygens (including phenoxy) is 9. The number of hydrogen-bond donors (Lipinski definition) is 5. The van der Waals surface area contributed by atoms with E-state index in [2.05, 4.69) is 101 Å². The van der Waals surface area contributed by atoms with Crippen LogP contribution in [0.3, 0.4) is 0 Å². The summed E-state index contributed by atoms with van der Waals surface area (Å²) in [6.45, 7) is 3.60. The Hall–Kier alpha value is -10.3. The van der Waals surface area contributed by atoms with E-state index in [9.17, 15) is 52.7 Å². The number of aliphatic carboxylic acids is 1. The molecule has 0 radical (unpaired) electrons. The molecule has 0 atom stereocenters. The first-order chi connectivity index (χ1) is 57.3. The third kappa shape index (κ3) is 29.0. The monoisotopic (exact) mass is 2150 g/mol. The second-order valence-corrected chi connectivity index (χ2v) is 34.7. The molecule has 5 aromatic heterocycles. The van der Waals surface area contributed by atoms with E-state index >= 15 is 0 Å². The number of carboxylic acid groups (broad SMARTS) is 1. The van der Waals surface area contributed by atoms with Crippen molar-refractivity contribution in [3.05, 3.63) is 165 Å². The molecule has 0 unspecified atom stereocenters. The summed E-state index contributed by atoms with van der Waals surface area (Å²) in [4.78, 5) is 135. The van der Waals surface area contributed by atoms with Gasteiger partial charge in [-0.05, 0) is 118 Å². The summed E-state index contributed by atoms with van der Waals surface area (Å²) in [5, 5.41) is 24.7. The summed E-state index contributed by atoms with van der Waals surface area (Å²) in [6, 6.07) is 35.1. The van der Waals surface area contributed by atoms with Crippen LogP contribution in [0.5, 0.6) is 0 Å². The largest absolute Gasteiger partial charge is 0.488 e. The minimum absolute atomic E-state index is 0.0923. The van der Waals surface area contributed by atoms with Crippen molar-refractivity contribution in [3.63, 3.8) is 0 Å². The van der Waals surface area contributed by atoms with E-state index in [1.165, 1.54) is 49.4 Å². The number of methoxy groups -OCH3 is 5. The van der Waals surface area contributed by atoms with Gasteiger partial charge in [-0.1, -0.05) is 69.3 Å². The molecule has 7 heterocycles. The molecule has 10 aromatic rings. The molecule has 2 saturated heterocycles. The van der Waals surface area contributed by atoms with Gasteiger partial charge in [0.1, 0.15) is 23.5 Å². The van der Waals surface area contributed by atoms with Crippen LogP contribution >= 0.6 is 139 Å². The summed E-state index contributed by atoms with van der Waals surface area (Å²) in [5.74, 6) is -8.35. The smallest absolute Gasteiger partial charge is 0.464 e. The van der Waals surface area contributed by atoms with Crippen molar-refractivity contribution in [2.45, 2.75) is 90.1 Å². The van der Waals surface area contributed by atoms with Gasteiger partial charge in [-0.25, -0.2) is 28.8 Å². The maximum Gasteiger partial charge on any atom is 0.488 e. The van der Waals surface area contributed by atoms with E-state index in [1.54, 1.807) is 97.1 Å². The zero-order valence-corrected chi connectivity index (χ0v) is 76.0. The zero-order chi connectivity index (χ0) is 87.8. The third-order valence-corrected chi connectivity index (χ3v) is 26.0. The third-order valence-electron chi connectivity index (χ3n) is 15.3. The molecule has 2 aliphatic heterocycles. The van der Waals surface area contributed by atoms with Gasteiger partial charge in [-0.2, -0.15) is 35.0 Å². The number of nitrogens with two attached hydrogens (primary N) is 2. The number of esters is 9. The van der Waals surface area contributed by atoms with Crippen molar-refractivity contribution in [2.24, 2.45) is 0 Å². The van der Waals surface area contributed by atoms with Crippen LogP contribution in [0.4, 0.5) is 11.4 Å². The van der Waals surface area contributed by atoms with Gasteiger partial charge in [0, 0.05) is 67.8 Å². The molecule has 634 valence electrons. The molecule has 2 saturated carbocycles. The minimum Gasteiger partial charge on any atom is -0.464 e. The average Bonchev–Trinajstić information content (AvgIpc) is 1.37. The van der Waals surface area contributed by atoms with Gasteiger partial charge in [-0.15, -0.1) is 0 Å². The first-order valence-corrected chi connectivity index (χ1v) is 44.7. The SMILES string of the molecule is CC(=O)O.COC(=O)c1nsnc1-c1ccc(I(OC(C)=O)OC(C)=O)cc1.COC(=O)c1nsnc1-c1ccc(I)cc1.COC(=O)c1nsnc1-c1ccc(I=C2C(=O)OC3(CCCC3)OC2=O)cc1.COC(=O)c1nsnc1-c1ccc(N)cc1.COC(=O)c1nsnc1Br.Nc1ccc(B(O)O)cc1.O=C1CC(=O)OC2(CCCC2)O1. The average molecular weight is 2150 g/mol. The maximum absolute atomic E-state index is 12.4. The number of nitrogen functional groups attached to an aromatic ring is 2. The van der Waals surface area contributed by atoms with E-state index in [0.717, 1.165) is 110 Å². The summed E-state index contributed by atoms with van der Waals surface area (Å²) >= 11 is 6.11. The summed E-state index contributed by atoms with van der Waals surface area (Å²) in [7, 11) is 5.10. The van der Waals surface area contributed by atoms with Crippen molar-refractivity contribution in [1.82, 2.24) is 43.7 Å². The fourth-order valence-corrected chi connectivity index (χ4v) is 18.3. The van der Waals surface area contributed by atoms with Crippen LogP contribution in [-0.2, 0) is 82.3 Å². The molecule has 0 bridgehead atoms. The van der Waals surface area contributed by atoms with Gasteiger partial charge >= 0.3 is 205 Å². The predicted octanol–water partition coefficient (Wildman–Crippen LogP) is 10.3. The quantitative estimate of drug-likeness (QED) is 0.0169. The van der Waals surface area contributed by atoms with E-state index in [-0.39, 0.29) is 38.4 Å². The fourth-order valence-electron chi connectivity index (χ4n) is 10.0. The number of carbonyl (C=O) groups is 12. The van der Waals surface area contributed by atoms with Crippen LogP contribution in [0.25, 0.3) is 45.0 Å². The Kier molecular flexibility index (Phi) is 38.4. The van der Waals surface area contributed by atoms with Gasteiger partial charge in [0.05, 0.1) is 75.4 Å². The molecule has 4 aliphatic rings. The van der Waals surface area contributed by atoms with E-state index < -0.39 is 132 Å². The molecule has 38 nitrogen and oxygen atoms in total. The van der Waals surface area contributed by atoms with Crippen LogP contribution < -0.4 is 16.9 Å². The Labute approximate surface area is 743 Å². The van der Waals surface area contributed by atoms with Crippen molar-refractivity contribution in [1.29, 1.82) is 0 Å². The molecule has 14 rings (SSSR count). The second-order valence-electron chi connectivity index (χ2n) is 23.8. The minimum atomic E-state index is -2.87. The molecule has 2 aliphatic carbocycles. The van der Waals surface area contributed by atoms with E-state index in [0.29, 0.717) is 84.6 Å². The predicted molar refractivity (Wildman–Crippen MR) is 462 cm³/mol. The van der Waals surface area contributed by atoms with E-state index in [1.807, 2.05) is 24.3 Å². The first-order valence-electron chi connectivity index (χ1n) is 34.2. The van der Waals surface area contributed by atoms with Crippen molar-refractivity contribution in [3.8, 4) is 45.0 Å². The van der Waals surface area contributed by atoms with Crippen molar-refractivity contribution in [2.75, 3.05) is 47.0 Å². The van der Waals surface area contributed by atoms with Gasteiger partial charge < -0.3 is 64.5 Å². The number of benzene rings is 5. The number of halogens is 4. The molecule has 2 spiro atoms. The Morgan fingerprint density at radius 1 is 0.458 bits per heavy atom. The molecular weight excluding hydrogens is 2080 g/mol. The topological polar surface area (TPSA) is 548 Å². The Morgan fingerprint density at radius 2 is 0.758 bits per heavy atom. The number of aromatic nitrogens is 10. The van der Waals surface area contributed by atoms with Crippen LogP contribution in [-0.4, -0.2) is 188 Å². The summed E-state index contributed by atoms with van der Waals surface area (Å²) in [5.41, 5.74) is 18.6. The van der Waals surface area contributed by atoms with Crippen LogP contribution in [0.1, 0.15) is 131 Å².